The number of fused-ring (bicyclic) bond motifs is 1. The molecule has 0 spiro atoms. The van der Waals surface area contributed by atoms with Crippen LogP contribution in [-0.2, 0) is 16.0 Å². The molecule has 142 valence electrons. The Balaban J connectivity index is 0.00000338. The predicted octanol–water partition coefficient (Wildman–Crippen LogP) is 2.55. The SMILES string of the molecule is CCC(CC)(CN)NC(=O)CNC(=O)Cc1cccc2ccccc12.Cl. The van der Waals surface area contributed by atoms with Crippen molar-refractivity contribution in [1.29, 1.82) is 0 Å². The quantitative estimate of drug-likeness (QED) is 0.661. The molecule has 4 N–H and O–H groups in total. The summed E-state index contributed by atoms with van der Waals surface area (Å²) in [6.45, 7) is 4.34. The molecular formula is C20H28ClN3O2. The molecule has 2 aromatic carbocycles. The summed E-state index contributed by atoms with van der Waals surface area (Å²) in [7, 11) is 0. The van der Waals surface area contributed by atoms with E-state index in [0.29, 0.717) is 6.54 Å². The highest BCUT2D eigenvalue weighted by Crippen LogP contribution is 2.18. The number of halogens is 1. The summed E-state index contributed by atoms with van der Waals surface area (Å²) >= 11 is 0. The van der Waals surface area contributed by atoms with Crippen molar-refractivity contribution in [3.05, 3.63) is 48.0 Å². The molecule has 0 aliphatic carbocycles. The van der Waals surface area contributed by atoms with Crippen LogP contribution in [0.3, 0.4) is 0 Å². The average molecular weight is 378 g/mol. The van der Waals surface area contributed by atoms with Gasteiger partial charge in [-0.05, 0) is 29.2 Å². The average Bonchev–Trinajstić information content (AvgIpc) is 2.65. The van der Waals surface area contributed by atoms with Gasteiger partial charge in [-0.15, -0.1) is 12.4 Å². The largest absolute Gasteiger partial charge is 0.348 e. The fourth-order valence-corrected chi connectivity index (χ4v) is 2.97. The maximum Gasteiger partial charge on any atom is 0.239 e. The van der Waals surface area contributed by atoms with Crippen LogP contribution in [0, 0.1) is 0 Å². The Kier molecular flexibility index (Phi) is 8.55. The lowest BCUT2D eigenvalue weighted by atomic mass is 9.93. The minimum Gasteiger partial charge on any atom is -0.348 e. The summed E-state index contributed by atoms with van der Waals surface area (Å²) in [5.41, 5.74) is 6.35. The Morgan fingerprint density at radius 1 is 1.00 bits per heavy atom. The van der Waals surface area contributed by atoms with Gasteiger partial charge in [0.25, 0.3) is 0 Å². The fraction of sp³-hybridized carbons (Fsp3) is 0.400. The number of nitrogens with two attached hydrogens (primary N) is 1. The molecule has 26 heavy (non-hydrogen) atoms. The number of rotatable bonds is 8. The lowest BCUT2D eigenvalue weighted by Crippen LogP contribution is -2.55. The first-order valence-electron chi connectivity index (χ1n) is 8.78. The Bertz CT molecular complexity index is 731. The van der Waals surface area contributed by atoms with Crippen LogP contribution in [-0.4, -0.2) is 30.4 Å². The van der Waals surface area contributed by atoms with Gasteiger partial charge in [0, 0.05) is 6.54 Å². The Hall–Kier alpha value is -2.11. The molecule has 5 nitrogen and oxygen atoms in total. The minimum atomic E-state index is -0.391. The molecule has 6 heteroatoms. The highest BCUT2D eigenvalue weighted by atomic mass is 35.5. The van der Waals surface area contributed by atoms with Gasteiger partial charge in [-0.1, -0.05) is 56.3 Å². The molecule has 2 aromatic rings. The van der Waals surface area contributed by atoms with Crippen molar-refractivity contribution in [2.24, 2.45) is 5.73 Å². The third kappa shape index (κ3) is 5.44. The van der Waals surface area contributed by atoms with Gasteiger partial charge in [-0.2, -0.15) is 0 Å². The first-order chi connectivity index (χ1) is 12.0. The summed E-state index contributed by atoms with van der Waals surface area (Å²) in [4.78, 5) is 24.3. The number of hydrogen-bond acceptors (Lipinski definition) is 3. The van der Waals surface area contributed by atoms with E-state index in [1.165, 1.54) is 0 Å². The van der Waals surface area contributed by atoms with E-state index in [0.717, 1.165) is 29.2 Å². The molecule has 0 saturated carbocycles. The van der Waals surface area contributed by atoms with E-state index in [9.17, 15) is 9.59 Å². The smallest absolute Gasteiger partial charge is 0.239 e. The molecule has 0 aliphatic heterocycles. The molecule has 0 bridgehead atoms. The summed E-state index contributed by atoms with van der Waals surface area (Å²) in [5, 5.41) is 7.81. The third-order valence-corrected chi connectivity index (χ3v) is 4.83. The first kappa shape index (κ1) is 21.9. The summed E-state index contributed by atoms with van der Waals surface area (Å²) in [6.07, 6.45) is 1.77. The van der Waals surface area contributed by atoms with E-state index in [2.05, 4.69) is 10.6 Å². The zero-order valence-electron chi connectivity index (χ0n) is 15.4. The standard InChI is InChI=1S/C20H27N3O2.ClH/c1-3-20(4-2,14-21)23-19(25)13-22-18(24)12-16-10-7-9-15-8-5-6-11-17(15)16;/h5-11H,3-4,12-14,21H2,1-2H3,(H,22,24)(H,23,25);1H. The van der Waals surface area contributed by atoms with Gasteiger partial charge < -0.3 is 16.4 Å². The zero-order valence-corrected chi connectivity index (χ0v) is 16.2. The van der Waals surface area contributed by atoms with Crippen molar-refractivity contribution >= 4 is 35.0 Å². The van der Waals surface area contributed by atoms with Crippen LogP contribution >= 0.6 is 12.4 Å². The second kappa shape index (κ2) is 10.1. The maximum absolute atomic E-state index is 12.2. The Labute approximate surface area is 161 Å². The van der Waals surface area contributed by atoms with Crippen LogP contribution in [0.1, 0.15) is 32.3 Å². The lowest BCUT2D eigenvalue weighted by Gasteiger charge is -2.31. The molecule has 0 aliphatic rings. The van der Waals surface area contributed by atoms with Gasteiger partial charge in [0.1, 0.15) is 0 Å². The van der Waals surface area contributed by atoms with Crippen molar-refractivity contribution in [2.45, 2.75) is 38.6 Å². The molecule has 2 amide bonds. The number of amides is 2. The van der Waals surface area contributed by atoms with Gasteiger partial charge in [0.05, 0.1) is 18.5 Å². The van der Waals surface area contributed by atoms with Crippen LogP contribution in [0.25, 0.3) is 10.8 Å². The maximum atomic E-state index is 12.2. The first-order valence-corrected chi connectivity index (χ1v) is 8.78. The highest BCUT2D eigenvalue weighted by Gasteiger charge is 2.26. The number of hydrogen-bond donors (Lipinski definition) is 3. The minimum absolute atomic E-state index is 0. The number of benzene rings is 2. The number of carbonyl (C=O) groups is 2. The van der Waals surface area contributed by atoms with Crippen molar-refractivity contribution in [1.82, 2.24) is 10.6 Å². The topological polar surface area (TPSA) is 84.2 Å². The van der Waals surface area contributed by atoms with Crippen molar-refractivity contribution in [3.63, 3.8) is 0 Å². The highest BCUT2D eigenvalue weighted by molar-refractivity contribution is 5.91. The van der Waals surface area contributed by atoms with Gasteiger partial charge >= 0.3 is 0 Å². The van der Waals surface area contributed by atoms with Crippen LogP contribution < -0.4 is 16.4 Å². The molecule has 0 atom stereocenters. The second-order valence-corrected chi connectivity index (χ2v) is 6.33. The van der Waals surface area contributed by atoms with Crippen molar-refractivity contribution in [2.75, 3.05) is 13.1 Å². The Morgan fingerprint density at radius 2 is 1.65 bits per heavy atom. The Morgan fingerprint density at radius 3 is 2.31 bits per heavy atom. The molecule has 0 radical (unpaired) electrons. The predicted molar refractivity (Wildman–Crippen MR) is 108 cm³/mol. The number of nitrogens with one attached hydrogen (secondary N) is 2. The van der Waals surface area contributed by atoms with Gasteiger partial charge in [0.2, 0.25) is 11.8 Å². The molecule has 0 fully saturated rings. The molecular weight excluding hydrogens is 350 g/mol. The van der Waals surface area contributed by atoms with E-state index in [-0.39, 0.29) is 37.2 Å². The van der Waals surface area contributed by atoms with Crippen LogP contribution in [0.2, 0.25) is 0 Å². The molecule has 0 aromatic heterocycles. The van der Waals surface area contributed by atoms with Crippen LogP contribution in [0.15, 0.2) is 42.5 Å². The van der Waals surface area contributed by atoms with E-state index >= 15 is 0 Å². The van der Waals surface area contributed by atoms with Crippen molar-refractivity contribution in [3.8, 4) is 0 Å². The van der Waals surface area contributed by atoms with E-state index in [4.69, 9.17) is 5.73 Å². The summed E-state index contributed by atoms with van der Waals surface area (Å²) in [5.74, 6) is -0.377. The lowest BCUT2D eigenvalue weighted by molar-refractivity contribution is -0.126. The van der Waals surface area contributed by atoms with Crippen LogP contribution in [0.4, 0.5) is 0 Å². The zero-order chi connectivity index (χ0) is 18.3. The molecule has 0 saturated heterocycles. The summed E-state index contributed by atoms with van der Waals surface area (Å²) < 4.78 is 0. The third-order valence-electron chi connectivity index (χ3n) is 4.83. The van der Waals surface area contributed by atoms with Crippen molar-refractivity contribution < 1.29 is 9.59 Å². The molecule has 2 rings (SSSR count). The summed E-state index contributed by atoms with van der Waals surface area (Å²) in [6, 6.07) is 13.9. The monoisotopic (exact) mass is 377 g/mol. The molecule has 0 heterocycles. The second-order valence-electron chi connectivity index (χ2n) is 6.33. The van der Waals surface area contributed by atoms with E-state index in [1.807, 2.05) is 56.3 Å². The molecule has 0 unspecified atom stereocenters. The van der Waals surface area contributed by atoms with Gasteiger partial charge in [0.15, 0.2) is 0 Å². The van der Waals surface area contributed by atoms with Crippen LogP contribution in [0.5, 0.6) is 0 Å². The van der Waals surface area contributed by atoms with E-state index in [1.54, 1.807) is 0 Å². The normalized spacial score (nSPS) is 10.9. The fourth-order valence-electron chi connectivity index (χ4n) is 2.97. The van der Waals surface area contributed by atoms with Gasteiger partial charge in [-0.25, -0.2) is 0 Å². The van der Waals surface area contributed by atoms with E-state index < -0.39 is 5.54 Å². The van der Waals surface area contributed by atoms with Gasteiger partial charge in [-0.3, -0.25) is 9.59 Å². The number of carbonyl (C=O) groups excluding carboxylic acids is 2.